The molecule has 0 amide bonds. The molecule has 0 bridgehead atoms. The van der Waals surface area contributed by atoms with Crippen molar-refractivity contribution in [2.75, 3.05) is 0 Å². The van der Waals surface area contributed by atoms with Crippen molar-refractivity contribution in [1.29, 1.82) is 0 Å². The average Bonchev–Trinajstić information content (AvgIpc) is 2.73. The molecule has 0 saturated carbocycles. The van der Waals surface area contributed by atoms with Gasteiger partial charge >= 0.3 is 0 Å². The number of rotatable bonds is 2. The van der Waals surface area contributed by atoms with Gasteiger partial charge in [-0.15, -0.1) is 0 Å². The summed E-state index contributed by atoms with van der Waals surface area (Å²) < 4.78 is 0. The predicted octanol–water partition coefficient (Wildman–Crippen LogP) is 4.18. The second-order valence-corrected chi connectivity index (χ2v) is 4.58. The topological polar surface area (TPSA) is 0 Å². The summed E-state index contributed by atoms with van der Waals surface area (Å²) in [6.07, 6.45) is 11.5. The number of allylic oxidation sites excluding steroid dienone is 8. The van der Waals surface area contributed by atoms with Gasteiger partial charge in [-0.25, -0.2) is 0 Å². The van der Waals surface area contributed by atoms with Gasteiger partial charge in [0.25, 0.3) is 0 Å². The molecule has 0 heterocycles. The summed E-state index contributed by atoms with van der Waals surface area (Å²) in [5.74, 6) is 0.636. The van der Waals surface area contributed by atoms with E-state index in [1.165, 1.54) is 24.0 Å². The van der Waals surface area contributed by atoms with Gasteiger partial charge in [0.1, 0.15) is 0 Å². The fraction of sp³-hybridized carbons (Fsp3) is 0.429. The summed E-state index contributed by atoms with van der Waals surface area (Å²) in [4.78, 5) is 0. The predicted molar refractivity (Wildman–Crippen MR) is 62.1 cm³/mol. The largest absolute Gasteiger partial charge is 0.0692 e. The molecule has 0 aromatic carbocycles. The van der Waals surface area contributed by atoms with Gasteiger partial charge in [-0.2, -0.15) is 0 Å². The lowest BCUT2D eigenvalue weighted by Crippen LogP contribution is -2.01. The Morgan fingerprint density at radius 1 is 0.857 bits per heavy atom. The Bertz CT molecular complexity index is 325. The van der Waals surface area contributed by atoms with Crippen LogP contribution in [0.4, 0.5) is 0 Å². The smallest absolute Gasteiger partial charge is 0.000877 e. The van der Waals surface area contributed by atoms with E-state index in [4.69, 9.17) is 0 Å². The molecule has 14 heavy (non-hydrogen) atoms. The minimum Gasteiger partial charge on any atom is -0.0692 e. The Morgan fingerprint density at radius 2 is 1.29 bits per heavy atom. The van der Waals surface area contributed by atoms with Crippen LogP contribution in [0.3, 0.4) is 0 Å². The van der Waals surface area contributed by atoms with E-state index in [0.29, 0.717) is 5.92 Å². The van der Waals surface area contributed by atoms with Crippen LogP contribution in [-0.4, -0.2) is 0 Å². The Balaban J connectivity index is 2.02. The molecule has 0 radical (unpaired) electrons. The van der Waals surface area contributed by atoms with Crippen molar-refractivity contribution >= 4 is 0 Å². The van der Waals surface area contributed by atoms with Gasteiger partial charge < -0.3 is 0 Å². The maximum atomic E-state index is 2.33. The van der Waals surface area contributed by atoms with Gasteiger partial charge in [-0.05, 0) is 32.6 Å². The van der Waals surface area contributed by atoms with E-state index in [1.807, 2.05) is 0 Å². The molecule has 0 saturated heterocycles. The van der Waals surface area contributed by atoms with Gasteiger partial charge in [0.15, 0.2) is 0 Å². The zero-order chi connectivity index (χ0) is 10.1. The zero-order valence-electron chi connectivity index (χ0n) is 9.30. The molecule has 0 N–H and O–H groups in total. The van der Waals surface area contributed by atoms with Gasteiger partial charge in [-0.1, -0.05) is 53.5 Å². The first kappa shape index (κ1) is 9.51. The third-order valence-corrected chi connectivity index (χ3v) is 3.24. The molecule has 0 aliphatic heterocycles. The molecule has 0 heteroatoms. The zero-order valence-corrected chi connectivity index (χ0v) is 9.30. The van der Waals surface area contributed by atoms with E-state index >= 15 is 0 Å². The van der Waals surface area contributed by atoms with E-state index in [9.17, 15) is 0 Å². The van der Waals surface area contributed by atoms with Crippen molar-refractivity contribution < 1.29 is 0 Å². The third-order valence-electron chi connectivity index (χ3n) is 3.24. The second kappa shape index (κ2) is 3.61. The molecule has 0 fully saturated rings. The van der Waals surface area contributed by atoms with Crippen molar-refractivity contribution in [2.45, 2.75) is 33.6 Å². The van der Waals surface area contributed by atoms with Crippen molar-refractivity contribution in [3.8, 4) is 0 Å². The van der Waals surface area contributed by atoms with Crippen molar-refractivity contribution in [1.82, 2.24) is 0 Å². The summed E-state index contributed by atoms with van der Waals surface area (Å²) in [5, 5.41) is 0. The summed E-state index contributed by atoms with van der Waals surface area (Å²) >= 11 is 0. The fourth-order valence-corrected chi connectivity index (χ4v) is 2.21. The van der Waals surface area contributed by atoms with Crippen LogP contribution in [0.15, 0.2) is 46.6 Å². The summed E-state index contributed by atoms with van der Waals surface area (Å²) in [6.45, 7) is 6.75. The Hall–Kier alpha value is -1.04. The quantitative estimate of drug-likeness (QED) is 0.607. The Kier molecular flexibility index (Phi) is 2.45. The molecule has 2 aliphatic rings. The maximum absolute atomic E-state index is 2.33. The minimum absolute atomic E-state index is 0.636. The third kappa shape index (κ3) is 1.75. The minimum atomic E-state index is 0.636. The van der Waals surface area contributed by atoms with E-state index in [1.54, 1.807) is 11.1 Å². The molecule has 0 nitrogen and oxygen atoms in total. The van der Waals surface area contributed by atoms with E-state index in [0.717, 1.165) is 0 Å². The van der Waals surface area contributed by atoms with Crippen LogP contribution in [0.5, 0.6) is 0 Å². The molecule has 0 unspecified atom stereocenters. The van der Waals surface area contributed by atoms with E-state index < -0.39 is 0 Å². The van der Waals surface area contributed by atoms with Crippen molar-refractivity contribution in [3.63, 3.8) is 0 Å². The molecule has 74 valence electrons. The SMILES string of the molecule is CC1=CC=C(C(C)C2=CC=C(C)C2)C1. The first-order valence-corrected chi connectivity index (χ1v) is 5.39. The van der Waals surface area contributed by atoms with Crippen LogP contribution in [-0.2, 0) is 0 Å². The van der Waals surface area contributed by atoms with Crippen LogP contribution in [0, 0.1) is 5.92 Å². The Morgan fingerprint density at radius 3 is 1.57 bits per heavy atom. The maximum Gasteiger partial charge on any atom is -0.000877 e. The molecule has 0 aromatic rings. The highest BCUT2D eigenvalue weighted by Gasteiger charge is 2.18. The lowest BCUT2D eigenvalue weighted by molar-refractivity contribution is 0.754. The molecular weight excluding hydrogens is 168 g/mol. The highest BCUT2D eigenvalue weighted by molar-refractivity contribution is 5.39. The summed E-state index contributed by atoms with van der Waals surface area (Å²) in [7, 11) is 0. The Labute approximate surface area is 86.7 Å². The fourth-order valence-electron chi connectivity index (χ4n) is 2.21. The van der Waals surface area contributed by atoms with Gasteiger partial charge in [0, 0.05) is 0 Å². The molecule has 0 aromatic heterocycles. The van der Waals surface area contributed by atoms with Crippen LogP contribution in [0.2, 0.25) is 0 Å². The van der Waals surface area contributed by atoms with E-state index in [-0.39, 0.29) is 0 Å². The molecular formula is C14H18. The first-order chi connectivity index (χ1) is 6.66. The van der Waals surface area contributed by atoms with Crippen LogP contribution in [0.1, 0.15) is 33.6 Å². The molecule has 2 rings (SSSR count). The van der Waals surface area contributed by atoms with Gasteiger partial charge in [-0.3, -0.25) is 0 Å². The average molecular weight is 186 g/mol. The molecule has 0 atom stereocenters. The highest BCUT2D eigenvalue weighted by Crippen LogP contribution is 2.34. The van der Waals surface area contributed by atoms with Crippen molar-refractivity contribution in [2.24, 2.45) is 5.92 Å². The lowest BCUT2D eigenvalue weighted by atomic mass is 9.90. The van der Waals surface area contributed by atoms with E-state index in [2.05, 4.69) is 45.1 Å². The second-order valence-electron chi connectivity index (χ2n) is 4.58. The molecule has 2 aliphatic carbocycles. The number of hydrogen-bond acceptors (Lipinski definition) is 0. The number of hydrogen-bond donors (Lipinski definition) is 0. The summed E-state index contributed by atoms with van der Waals surface area (Å²) in [6, 6.07) is 0. The van der Waals surface area contributed by atoms with Crippen molar-refractivity contribution in [3.05, 3.63) is 46.6 Å². The lowest BCUT2D eigenvalue weighted by Gasteiger charge is -2.15. The van der Waals surface area contributed by atoms with Gasteiger partial charge in [0.05, 0.1) is 0 Å². The van der Waals surface area contributed by atoms with Gasteiger partial charge in [0.2, 0.25) is 0 Å². The normalized spacial score (nSPS) is 20.9. The monoisotopic (exact) mass is 186 g/mol. The molecule has 0 spiro atoms. The highest BCUT2D eigenvalue weighted by atomic mass is 14.2. The standard InChI is InChI=1S/C14H18/c1-10-4-6-13(8-10)12(3)14-7-5-11(2)9-14/h4-7,12H,8-9H2,1-3H3. The first-order valence-electron chi connectivity index (χ1n) is 5.39. The van der Waals surface area contributed by atoms with Crippen LogP contribution >= 0.6 is 0 Å². The van der Waals surface area contributed by atoms with Crippen LogP contribution < -0.4 is 0 Å². The van der Waals surface area contributed by atoms with Crippen LogP contribution in [0.25, 0.3) is 0 Å². The summed E-state index contributed by atoms with van der Waals surface area (Å²) in [5.41, 5.74) is 6.15.